The lowest BCUT2D eigenvalue weighted by atomic mass is 10.1. The van der Waals surface area contributed by atoms with E-state index in [1.54, 1.807) is 7.11 Å². The monoisotopic (exact) mass is 264 g/mol. The molecule has 0 saturated carbocycles. The van der Waals surface area contributed by atoms with Crippen molar-refractivity contribution in [3.8, 4) is 0 Å². The first-order valence-electron chi connectivity index (χ1n) is 5.44. The highest BCUT2D eigenvalue weighted by atomic mass is 32.2. The molecule has 0 aromatic carbocycles. The summed E-state index contributed by atoms with van der Waals surface area (Å²) >= 11 is 0. The lowest BCUT2D eigenvalue weighted by molar-refractivity contribution is -0.124. The van der Waals surface area contributed by atoms with E-state index < -0.39 is 20.5 Å². The van der Waals surface area contributed by atoms with Crippen molar-refractivity contribution in [3.05, 3.63) is 0 Å². The van der Waals surface area contributed by atoms with Crippen LogP contribution in [0.5, 0.6) is 0 Å². The maximum atomic E-state index is 12.0. The van der Waals surface area contributed by atoms with Crippen LogP contribution in [-0.2, 0) is 19.4 Å². The highest BCUT2D eigenvalue weighted by Gasteiger charge is 2.40. The SMILES string of the molecule is CO[C@H]1CNCC1NC(=O)C(C)(C)S(C)(=O)=O. The molecule has 0 aromatic rings. The molecule has 0 radical (unpaired) electrons. The summed E-state index contributed by atoms with van der Waals surface area (Å²) in [5.74, 6) is -0.490. The normalized spacial score (nSPS) is 25.9. The fourth-order valence-corrected chi connectivity index (χ4v) is 1.95. The first-order chi connectivity index (χ1) is 7.70. The largest absolute Gasteiger partial charge is 0.378 e. The molecule has 0 spiro atoms. The molecule has 1 fully saturated rings. The Bertz CT molecular complexity index is 391. The van der Waals surface area contributed by atoms with Crippen LogP contribution in [0.3, 0.4) is 0 Å². The third kappa shape index (κ3) is 2.97. The summed E-state index contributed by atoms with van der Waals surface area (Å²) in [5.41, 5.74) is 0. The van der Waals surface area contributed by atoms with E-state index in [2.05, 4.69) is 10.6 Å². The molecule has 1 saturated heterocycles. The molecule has 1 amide bonds. The number of ether oxygens (including phenoxy) is 1. The quantitative estimate of drug-likeness (QED) is 0.674. The fourth-order valence-electron chi connectivity index (χ4n) is 1.56. The zero-order valence-corrected chi connectivity index (χ0v) is 11.4. The van der Waals surface area contributed by atoms with Gasteiger partial charge in [-0.15, -0.1) is 0 Å². The lowest BCUT2D eigenvalue weighted by Crippen LogP contribution is -2.53. The summed E-state index contributed by atoms with van der Waals surface area (Å²) in [6.07, 6.45) is 0.946. The summed E-state index contributed by atoms with van der Waals surface area (Å²) in [7, 11) is -1.87. The van der Waals surface area contributed by atoms with E-state index in [0.717, 1.165) is 6.26 Å². The minimum absolute atomic E-state index is 0.116. The van der Waals surface area contributed by atoms with E-state index >= 15 is 0 Å². The number of carbonyl (C=O) groups excluding carboxylic acids is 1. The van der Waals surface area contributed by atoms with Gasteiger partial charge in [-0.05, 0) is 13.8 Å². The van der Waals surface area contributed by atoms with E-state index in [9.17, 15) is 13.2 Å². The number of sulfone groups is 1. The Balaban J connectivity index is 2.73. The fraction of sp³-hybridized carbons (Fsp3) is 0.900. The summed E-state index contributed by atoms with van der Waals surface area (Å²) < 4.78 is 26.8. The number of methoxy groups -OCH3 is 1. The minimum Gasteiger partial charge on any atom is -0.378 e. The first kappa shape index (κ1) is 14.4. The van der Waals surface area contributed by atoms with Crippen LogP contribution in [-0.4, -0.2) is 57.7 Å². The Morgan fingerprint density at radius 2 is 2.00 bits per heavy atom. The number of nitrogens with one attached hydrogen (secondary N) is 2. The molecular formula is C10H20N2O4S. The van der Waals surface area contributed by atoms with Crippen LogP contribution in [0.1, 0.15) is 13.8 Å². The van der Waals surface area contributed by atoms with Gasteiger partial charge in [-0.2, -0.15) is 0 Å². The Kier molecular flexibility index (Phi) is 4.16. The van der Waals surface area contributed by atoms with Crippen molar-refractivity contribution in [2.45, 2.75) is 30.7 Å². The second kappa shape index (κ2) is 4.91. The summed E-state index contributed by atoms with van der Waals surface area (Å²) in [6.45, 7) is 4.05. The molecule has 0 aliphatic carbocycles. The molecule has 17 heavy (non-hydrogen) atoms. The van der Waals surface area contributed by atoms with Gasteiger partial charge in [-0.3, -0.25) is 4.79 Å². The van der Waals surface area contributed by atoms with Crippen LogP contribution in [0.15, 0.2) is 0 Å². The molecule has 1 unspecified atom stereocenters. The molecule has 1 aliphatic rings. The third-order valence-corrected chi connectivity index (χ3v) is 5.29. The Morgan fingerprint density at radius 3 is 2.47 bits per heavy atom. The van der Waals surface area contributed by atoms with Crippen molar-refractivity contribution in [3.63, 3.8) is 0 Å². The molecule has 7 heteroatoms. The van der Waals surface area contributed by atoms with Crippen molar-refractivity contribution >= 4 is 15.7 Å². The third-order valence-electron chi connectivity index (χ3n) is 3.25. The van der Waals surface area contributed by atoms with E-state index in [1.807, 2.05) is 0 Å². The molecule has 2 N–H and O–H groups in total. The second-order valence-corrected chi connectivity index (χ2v) is 7.36. The molecular weight excluding hydrogens is 244 g/mol. The maximum absolute atomic E-state index is 12.0. The van der Waals surface area contributed by atoms with Gasteiger partial charge >= 0.3 is 0 Å². The number of hydrogen-bond acceptors (Lipinski definition) is 5. The topological polar surface area (TPSA) is 84.5 Å². The van der Waals surface area contributed by atoms with Crippen molar-refractivity contribution in [2.24, 2.45) is 0 Å². The summed E-state index contributed by atoms with van der Waals surface area (Å²) in [5, 5.41) is 5.80. The molecule has 0 aromatic heterocycles. The molecule has 1 aliphatic heterocycles. The van der Waals surface area contributed by atoms with Gasteiger partial charge in [0.1, 0.15) is 4.75 Å². The summed E-state index contributed by atoms with van der Waals surface area (Å²) in [4.78, 5) is 12.0. The average Bonchev–Trinajstić information content (AvgIpc) is 2.63. The Morgan fingerprint density at radius 1 is 1.41 bits per heavy atom. The predicted molar refractivity (Wildman–Crippen MR) is 64.5 cm³/mol. The highest BCUT2D eigenvalue weighted by Crippen LogP contribution is 2.16. The Hall–Kier alpha value is -0.660. The van der Waals surface area contributed by atoms with Crippen LogP contribution >= 0.6 is 0 Å². The zero-order valence-electron chi connectivity index (χ0n) is 10.6. The zero-order chi connectivity index (χ0) is 13.3. The van der Waals surface area contributed by atoms with Gasteiger partial charge in [0.15, 0.2) is 9.84 Å². The number of carbonyl (C=O) groups is 1. The molecule has 100 valence electrons. The Labute approximate surface area is 102 Å². The van der Waals surface area contributed by atoms with Gasteiger partial charge < -0.3 is 15.4 Å². The van der Waals surface area contributed by atoms with Gasteiger partial charge in [0.05, 0.1) is 12.1 Å². The average molecular weight is 264 g/mol. The van der Waals surface area contributed by atoms with Gasteiger partial charge in [0, 0.05) is 26.5 Å². The van der Waals surface area contributed by atoms with Gasteiger partial charge in [0.25, 0.3) is 0 Å². The van der Waals surface area contributed by atoms with Crippen molar-refractivity contribution in [2.75, 3.05) is 26.5 Å². The van der Waals surface area contributed by atoms with Crippen LogP contribution in [0.25, 0.3) is 0 Å². The van der Waals surface area contributed by atoms with E-state index in [1.165, 1.54) is 13.8 Å². The van der Waals surface area contributed by atoms with E-state index in [-0.39, 0.29) is 12.1 Å². The van der Waals surface area contributed by atoms with Crippen LogP contribution in [0, 0.1) is 0 Å². The predicted octanol–water partition coefficient (Wildman–Crippen LogP) is -1.09. The van der Waals surface area contributed by atoms with E-state index in [0.29, 0.717) is 13.1 Å². The van der Waals surface area contributed by atoms with Gasteiger partial charge in [-0.25, -0.2) is 8.42 Å². The highest BCUT2D eigenvalue weighted by molar-refractivity contribution is 7.92. The van der Waals surface area contributed by atoms with Crippen LogP contribution < -0.4 is 10.6 Å². The molecule has 0 bridgehead atoms. The first-order valence-corrected chi connectivity index (χ1v) is 7.33. The van der Waals surface area contributed by atoms with E-state index in [4.69, 9.17) is 4.74 Å². The maximum Gasteiger partial charge on any atom is 0.241 e. The minimum atomic E-state index is -3.44. The molecule has 1 heterocycles. The van der Waals surface area contributed by atoms with Crippen LogP contribution in [0.4, 0.5) is 0 Å². The number of rotatable bonds is 4. The number of hydrogen-bond donors (Lipinski definition) is 2. The van der Waals surface area contributed by atoms with Crippen molar-refractivity contribution in [1.29, 1.82) is 0 Å². The molecule has 6 nitrogen and oxygen atoms in total. The van der Waals surface area contributed by atoms with Crippen molar-refractivity contribution in [1.82, 2.24) is 10.6 Å². The second-order valence-electron chi connectivity index (χ2n) is 4.79. The molecule has 1 rings (SSSR count). The summed E-state index contributed by atoms with van der Waals surface area (Å²) in [6, 6.07) is -0.187. The number of amides is 1. The van der Waals surface area contributed by atoms with Crippen LogP contribution in [0.2, 0.25) is 0 Å². The molecule has 2 atom stereocenters. The smallest absolute Gasteiger partial charge is 0.241 e. The lowest BCUT2D eigenvalue weighted by Gasteiger charge is -2.26. The standard InChI is InChI=1S/C10H20N2O4S/c1-10(2,17(4,14)15)9(13)12-7-5-11-6-8(7)16-3/h7-8,11H,5-6H2,1-4H3,(H,12,13)/t7?,8-/m0/s1. The van der Waals surface area contributed by atoms with Gasteiger partial charge in [0.2, 0.25) is 5.91 Å². The van der Waals surface area contributed by atoms with Crippen molar-refractivity contribution < 1.29 is 17.9 Å². The van der Waals surface area contributed by atoms with Gasteiger partial charge in [-0.1, -0.05) is 0 Å².